The molecular weight excluding hydrogens is 176 g/mol. The van der Waals surface area contributed by atoms with Crippen LogP contribution in [0.3, 0.4) is 0 Å². The largest absolute Gasteiger partial charge is 0.480 e. The van der Waals surface area contributed by atoms with E-state index in [9.17, 15) is 4.79 Å². The lowest BCUT2D eigenvalue weighted by Gasteiger charge is -2.06. The Morgan fingerprint density at radius 3 is 3.17 bits per heavy atom. The zero-order valence-electron chi connectivity index (χ0n) is 6.65. The topological polar surface area (TPSA) is 62.2 Å². The third-order valence-corrected chi connectivity index (χ3v) is 2.08. The fraction of sp³-hybridized carbons (Fsp3) is 0.429. The number of hydrogen-bond acceptors (Lipinski definition) is 4. The van der Waals surface area contributed by atoms with Gasteiger partial charge in [-0.05, 0) is 6.92 Å². The molecule has 0 saturated heterocycles. The number of aromatic nitrogens is 1. The highest BCUT2D eigenvalue weighted by Gasteiger charge is 2.09. The third-order valence-electron chi connectivity index (χ3n) is 1.44. The number of hydrogen-bond donors (Lipinski definition) is 2. The van der Waals surface area contributed by atoms with Gasteiger partial charge in [-0.1, -0.05) is 0 Å². The number of nitrogens with zero attached hydrogens (tertiary/aromatic N) is 1. The second-order valence-electron chi connectivity index (χ2n) is 2.42. The standard InChI is InChI=1S/C7H10N2O2S/c1-5(7(10)11)8-2-6-3-12-4-9-6/h3-5,8H,2H2,1H3,(H,10,11)/t5-/m0/s1. The SMILES string of the molecule is C[C@H](NCc1cscn1)C(=O)O. The zero-order valence-corrected chi connectivity index (χ0v) is 7.47. The molecule has 0 amide bonds. The molecule has 0 fully saturated rings. The van der Waals surface area contributed by atoms with Crippen molar-refractivity contribution in [3.8, 4) is 0 Å². The third kappa shape index (κ3) is 2.60. The summed E-state index contributed by atoms with van der Waals surface area (Å²) in [7, 11) is 0. The molecule has 0 radical (unpaired) electrons. The molecular formula is C7H10N2O2S. The molecule has 1 rings (SSSR count). The summed E-state index contributed by atoms with van der Waals surface area (Å²) in [6.07, 6.45) is 0. The van der Waals surface area contributed by atoms with Gasteiger partial charge in [-0.2, -0.15) is 0 Å². The average molecular weight is 186 g/mol. The molecule has 5 heteroatoms. The Hall–Kier alpha value is -0.940. The van der Waals surface area contributed by atoms with Crippen molar-refractivity contribution in [2.24, 2.45) is 0 Å². The molecule has 4 nitrogen and oxygen atoms in total. The molecule has 12 heavy (non-hydrogen) atoms. The molecule has 1 aromatic heterocycles. The Balaban J connectivity index is 2.31. The predicted octanol–water partition coefficient (Wildman–Crippen LogP) is 0.706. The number of carboxylic acid groups (broad SMARTS) is 1. The normalized spacial score (nSPS) is 12.8. The molecule has 0 aliphatic heterocycles. The minimum Gasteiger partial charge on any atom is -0.480 e. The molecule has 0 unspecified atom stereocenters. The molecule has 0 spiro atoms. The van der Waals surface area contributed by atoms with Gasteiger partial charge in [0, 0.05) is 11.9 Å². The minimum absolute atomic E-state index is 0.511. The van der Waals surface area contributed by atoms with Crippen LogP contribution in [0.5, 0.6) is 0 Å². The van der Waals surface area contributed by atoms with Crippen LogP contribution in [-0.4, -0.2) is 22.1 Å². The summed E-state index contributed by atoms with van der Waals surface area (Å²) in [5.41, 5.74) is 2.61. The molecule has 0 aromatic carbocycles. The van der Waals surface area contributed by atoms with Gasteiger partial charge >= 0.3 is 5.97 Å². The van der Waals surface area contributed by atoms with Crippen molar-refractivity contribution < 1.29 is 9.90 Å². The van der Waals surface area contributed by atoms with Crippen LogP contribution in [0.4, 0.5) is 0 Å². The number of rotatable bonds is 4. The molecule has 1 heterocycles. The van der Waals surface area contributed by atoms with Crippen molar-refractivity contribution in [1.29, 1.82) is 0 Å². The predicted molar refractivity (Wildman–Crippen MR) is 46.1 cm³/mol. The second kappa shape index (κ2) is 4.18. The van der Waals surface area contributed by atoms with Gasteiger partial charge in [0.1, 0.15) is 6.04 Å². The van der Waals surface area contributed by atoms with Crippen LogP contribution in [0.25, 0.3) is 0 Å². The molecule has 2 N–H and O–H groups in total. The highest BCUT2D eigenvalue weighted by Crippen LogP contribution is 2.00. The highest BCUT2D eigenvalue weighted by molar-refractivity contribution is 7.07. The van der Waals surface area contributed by atoms with E-state index in [1.807, 2.05) is 5.38 Å². The molecule has 0 bridgehead atoms. The monoisotopic (exact) mass is 186 g/mol. The van der Waals surface area contributed by atoms with Crippen LogP contribution < -0.4 is 5.32 Å². The van der Waals surface area contributed by atoms with Crippen LogP contribution in [0.1, 0.15) is 12.6 Å². The number of thiazole rings is 1. The van der Waals surface area contributed by atoms with Gasteiger partial charge < -0.3 is 5.11 Å². The van der Waals surface area contributed by atoms with Crippen molar-refractivity contribution >= 4 is 17.3 Å². The quantitative estimate of drug-likeness (QED) is 0.726. The van der Waals surface area contributed by atoms with Crippen molar-refractivity contribution in [2.75, 3.05) is 0 Å². The molecule has 1 aromatic rings. The second-order valence-corrected chi connectivity index (χ2v) is 3.14. The van der Waals surface area contributed by atoms with Crippen molar-refractivity contribution in [3.05, 3.63) is 16.6 Å². The van der Waals surface area contributed by atoms with Crippen molar-refractivity contribution in [1.82, 2.24) is 10.3 Å². The average Bonchev–Trinajstić information content (AvgIpc) is 2.51. The van der Waals surface area contributed by atoms with Crippen molar-refractivity contribution in [3.63, 3.8) is 0 Å². The maximum Gasteiger partial charge on any atom is 0.320 e. The summed E-state index contributed by atoms with van der Waals surface area (Å²) >= 11 is 1.50. The Labute approximate surface area is 74.3 Å². The van der Waals surface area contributed by atoms with Crippen LogP contribution in [0.15, 0.2) is 10.9 Å². The fourth-order valence-electron chi connectivity index (χ4n) is 0.670. The maximum atomic E-state index is 10.4. The first-order valence-corrected chi connectivity index (χ1v) is 4.47. The Bertz CT molecular complexity index is 248. The van der Waals surface area contributed by atoms with Crippen LogP contribution in [0.2, 0.25) is 0 Å². The van der Waals surface area contributed by atoms with Crippen molar-refractivity contribution in [2.45, 2.75) is 19.5 Å². The maximum absolute atomic E-state index is 10.4. The first-order chi connectivity index (χ1) is 5.70. The van der Waals surface area contributed by atoms with E-state index in [1.165, 1.54) is 11.3 Å². The first kappa shape index (κ1) is 9.15. The summed E-state index contributed by atoms with van der Waals surface area (Å²) in [4.78, 5) is 14.4. The van der Waals surface area contributed by atoms with Gasteiger partial charge in [0.15, 0.2) is 0 Å². The molecule has 0 aliphatic rings. The smallest absolute Gasteiger partial charge is 0.320 e. The summed E-state index contributed by atoms with van der Waals surface area (Å²) in [5.74, 6) is -0.842. The molecule has 66 valence electrons. The minimum atomic E-state index is -0.842. The summed E-state index contributed by atoms with van der Waals surface area (Å²) in [5, 5.41) is 13.2. The molecule has 0 aliphatic carbocycles. The number of carboxylic acids is 1. The summed E-state index contributed by atoms with van der Waals surface area (Å²) in [6, 6.07) is -0.522. The van der Waals surface area contributed by atoms with E-state index in [0.29, 0.717) is 6.54 Å². The van der Waals surface area contributed by atoms with E-state index >= 15 is 0 Å². The number of aliphatic carboxylic acids is 1. The molecule has 0 saturated carbocycles. The highest BCUT2D eigenvalue weighted by atomic mass is 32.1. The van der Waals surface area contributed by atoms with Gasteiger partial charge in [-0.25, -0.2) is 4.98 Å². The number of nitrogens with one attached hydrogen (secondary N) is 1. The van der Waals surface area contributed by atoms with Gasteiger partial charge in [0.25, 0.3) is 0 Å². The first-order valence-electron chi connectivity index (χ1n) is 3.53. The van der Waals surface area contributed by atoms with E-state index in [2.05, 4.69) is 10.3 Å². The molecule has 1 atom stereocenters. The van der Waals surface area contributed by atoms with Gasteiger partial charge in [-0.3, -0.25) is 10.1 Å². The summed E-state index contributed by atoms with van der Waals surface area (Å²) < 4.78 is 0. The lowest BCUT2D eigenvalue weighted by molar-refractivity contribution is -0.139. The van der Waals surface area contributed by atoms with Crippen LogP contribution in [0, 0.1) is 0 Å². The van der Waals surface area contributed by atoms with Gasteiger partial charge in [0.05, 0.1) is 11.2 Å². The summed E-state index contributed by atoms with van der Waals surface area (Å²) in [6.45, 7) is 2.12. The van der Waals surface area contributed by atoms with Gasteiger partial charge in [0.2, 0.25) is 0 Å². The van der Waals surface area contributed by atoms with E-state index in [-0.39, 0.29) is 0 Å². The van der Waals surface area contributed by atoms with Crippen LogP contribution in [-0.2, 0) is 11.3 Å². The Morgan fingerprint density at radius 2 is 2.67 bits per heavy atom. The van der Waals surface area contributed by atoms with E-state index < -0.39 is 12.0 Å². The Morgan fingerprint density at radius 1 is 1.92 bits per heavy atom. The fourth-order valence-corrected chi connectivity index (χ4v) is 1.23. The van der Waals surface area contributed by atoms with Crippen LogP contribution >= 0.6 is 11.3 Å². The van der Waals surface area contributed by atoms with Gasteiger partial charge in [-0.15, -0.1) is 11.3 Å². The van der Waals surface area contributed by atoms with E-state index in [0.717, 1.165) is 5.69 Å². The van der Waals surface area contributed by atoms with E-state index in [1.54, 1.807) is 12.4 Å². The zero-order chi connectivity index (χ0) is 8.97. The lowest BCUT2D eigenvalue weighted by Crippen LogP contribution is -2.33. The number of carbonyl (C=O) groups is 1. The Kier molecular flexibility index (Phi) is 3.19. The lowest BCUT2D eigenvalue weighted by atomic mass is 10.3. The van der Waals surface area contributed by atoms with E-state index in [4.69, 9.17) is 5.11 Å².